The van der Waals surface area contributed by atoms with Crippen molar-refractivity contribution in [3.8, 4) is 10.8 Å². The number of aromatic hydroxyl groups is 1. The van der Waals surface area contributed by atoms with Crippen LogP contribution in [0.4, 0.5) is 11.4 Å². The third kappa shape index (κ3) is 7.23. The van der Waals surface area contributed by atoms with Crippen LogP contribution in [0.1, 0.15) is 86.7 Å². The number of phenolic OH excluding ortho intramolecular Hbond substituents is 1. The lowest BCUT2D eigenvalue weighted by Crippen LogP contribution is -2.57. The lowest BCUT2D eigenvalue weighted by molar-refractivity contribution is 0.0961. The van der Waals surface area contributed by atoms with Gasteiger partial charge in [-0.25, -0.2) is 0 Å². The number of benzene rings is 4. The quantitative estimate of drug-likeness (QED) is 0.156. The highest BCUT2D eigenvalue weighted by molar-refractivity contribution is 7.15. The summed E-state index contributed by atoms with van der Waals surface area (Å²) < 4.78 is 2.21. The van der Waals surface area contributed by atoms with Gasteiger partial charge in [0, 0.05) is 111 Å². The Bertz CT molecular complexity index is 2600. The molecule has 9 nitrogen and oxygen atoms in total. The molecule has 2 aromatic heterocycles. The van der Waals surface area contributed by atoms with Gasteiger partial charge in [0.25, 0.3) is 0 Å². The third-order valence-electron chi connectivity index (χ3n) is 14.7. The number of hydrogen-bond acceptors (Lipinski definition) is 9. The maximum atomic E-state index is 10.2. The molecule has 11 rings (SSSR count). The number of hydrogen-bond donors (Lipinski definition) is 1. The Labute approximate surface area is 370 Å². The average Bonchev–Trinajstić information content (AvgIpc) is 3.75. The van der Waals surface area contributed by atoms with E-state index >= 15 is 0 Å². The first-order chi connectivity index (χ1) is 30.2. The number of aryl methyl sites for hydroxylation is 3. The molecule has 1 aliphatic carbocycles. The normalized spacial score (nSPS) is 22.0. The first-order valence-electron chi connectivity index (χ1n) is 22.9. The minimum absolute atomic E-state index is 0.0687. The molecular weight excluding hydrogens is 785 g/mol. The van der Waals surface area contributed by atoms with Gasteiger partial charge in [0.2, 0.25) is 0 Å². The molecule has 0 saturated carbocycles. The third-order valence-corrected chi connectivity index (χ3v) is 15.9. The topological polar surface area (TPSA) is 76.3 Å². The maximum absolute atomic E-state index is 10.2. The van der Waals surface area contributed by atoms with Crippen LogP contribution in [0.2, 0.25) is 0 Å². The minimum Gasteiger partial charge on any atom is -0.508 e. The van der Waals surface area contributed by atoms with Crippen LogP contribution in [0, 0.1) is 32.6 Å². The molecule has 6 aromatic rings. The molecule has 0 unspecified atom stereocenters. The van der Waals surface area contributed by atoms with Crippen LogP contribution in [-0.4, -0.2) is 101 Å². The number of anilines is 2. The van der Waals surface area contributed by atoms with E-state index in [1.807, 2.05) is 30.4 Å². The van der Waals surface area contributed by atoms with E-state index in [0.29, 0.717) is 11.7 Å². The second kappa shape index (κ2) is 16.1. The molecule has 6 heterocycles. The van der Waals surface area contributed by atoms with Gasteiger partial charge in [-0.3, -0.25) is 9.56 Å². The Morgan fingerprint density at radius 1 is 0.710 bits per heavy atom. The molecular formula is C52H58N8OS. The SMILES string of the molecule is Cc1sc2c(c1C)C(c1ccc(N3CC(CN4CCN(CC5CN(c6ccc([C@H]7c8ccc(O)cc8CC[C@H]7c7ccccc7)cc6)C5)CC4)C3)cc1)=N[C@H](C)c1nnc(C)n1-2. The largest absolute Gasteiger partial charge is 0.508 e. The molecule has 4 aromatic carbocycles. The Balaban J connectivity index is 0.647. The van der Waals surface area contributed by atoms with E-state index in [9.17, 15) is 5.11 Å². The van der Waals surface area contributed by atoms with Gasteiger partial charge in [0.1, 0.15) is 22.6 Å². The zero-order chi connectivity index (χ0) is 42.1. The highest BCUT2D eigenvalue weighted by Crippen LogP contribution is 2.47. The fourth-order valence-corrected chi connectivity index (χ4v) is 12.4. The number of phenols is 1. The summed E-state index contributed by atoms with van der Waals surface area (Å²) >= 11 is 1.82. The predicted molar refractivity (Wildman–Crippen MR) is 252 cm³/mol. The summed E-state index contributed by atoms with van der Waals surface area (Å²) in [6, 6.07) is 35.5. The second-order valence-corrected chi connectivity index (χ2v) is 20.0. The zero-order valence-electron chi connectivity index (χ0n) is 36.5. The molecule has 10 heteroatoms. The van der Waals surface area contributed by atoms with Gasteiger partial charge in [0.15, 0.2) is 5.82 Å². The van der Waals surface area contributed by atoms with Gasteiger partial charge in [-0.1, -0.05) is 60.7 Å². The van der Waals surface area contributed by atoms with Crippen LogP contribution in [0.15, 0.2) is 102 Å². The maximum Gasteiger partial charge on any atom is 0.162 e. The molecule has 3 fully saturated rings. The molecule has 5 aliphatic rings. The second-order valence-electron chi connectivity index (χ2n) is 18.8. The Kier molecular flexibility index (Phi) is 10.3. The number of piperazine rings is 1. The first kappa shape index (κ1) is 39.5. The highest BCUT2D eigenvalue weighted by Gasteiger charge is 2.35. The fraction of sp³-hybridized carbons (Fsp3) is 0.404. The Morgan fingerprint density at radius 2 is 1.34 bits per heavy atom. The first-order valence-corrected chi connectivity index (χ1v) is 23.7. The van der Waals surface area contributed by atoms with Crippen molar-refractivity contribution in [2.75, 3.05) is 75.2 Å². The van der Waals surface area contributed by atoms with E-state index in [2.05, 4.69) is 140 Å². The van der Waals surface area contributed by atoms with E-state index < -0.39 is 0 Å². The molecule has 62 heavy (non-hydrogen) atoms. The van der Waals surface area contributed by atoms with Crippen molar-refractivity contribution in [3.63, 3.8) is 0 Å². The molecule has 0 bridgehead atoms. The molecule has 0 spiro atoms. The van der Waals surface area contributed by atoms with Crippen LogP contribution in [0.5, 0.6) is 5.75 Å². The van der Waals surface area contributed by atoms with Crippen LogP contribution >= 0.6 is 11.3 Å². The average molecular weight is 843 g/mol. The van der Waals surface area contributed by atoms with Crippen molar-refractivity contribution in [2.24, 2.45) is 16.8 Å². The molecule has 0 amide bonds. The van der Waals surface area contributed by atoms with Gasteiger partial charge in [-0.2, -0.15) is 0 Å². The molecule has 4 aliphatic heterocycles. The smallest absolute Gasteiger partial charge is 0.162 e. The van der Waals surface area contributed by atoms with E-state index in [0.717, 1.165) is 68.2 Å². The van der Waals surface area contributed by atoms with Crippen molar-refractivity contribution >= 4 is 28.4 Å². The summed E-state index contributed by atoms with van der Waals surface area (Å²) in [5.74, 6) is 4.37. The summed E-state index contributed by atoms with van der Waals surface area (Å²) in [6.07, 6.45) is 2.09. The van der Waals surface area contributed by atoms with Crippen LogP contribution < -0.4 is 9.80 Å². The Hall–Kier alpha value is -5.29. The van der Waals surface area contributed by atoms with Crippen molar-refractivity contribution < 1.29 is 5.11 Å². The van der Waals surface area contributed by atoms with Crippen molar-refractivity contribution in [1.82, 2.24) is 24.6 Å². The van der Waals surface area contributed by atoms with Gasteiger partial charge in [-0.15, -0.1) is 21.5 Å². The van der Waals surface area contributed by atoms with Gasteiger partial charge in [0.05, 0.1) is 5.71 Å². The number of aliphatic imine (C=N–C) groups is 1. The van der Waals surface area contributed by atoms with E-state index in [4.69, 9.17) is 4.99 Å². The number of fused-ring (bicyclic) bond motifs is 4. The summed E-state index contributed by atoms with van der Waals surface area (Å²) in [6.45, 7) is 20.2. The zero-order valence-corrected chi connectivity index (χ0v) is 37.4. The van der Waals surface area contributed by atoms with E-state index in [1.165, 1.54) is 99.5 Å². The van der Waals surface area contributed by atoms with E-state index in [-0.39, 0.29) is 12.0 Å². The van der Waals surface area contributed by atoms with Crippen molar-refractivity contribution in [2.45, 2.75) is 58.4 Å². The van der Waals surface area contributed by atoms with Gasteiger partial charge >= 0.3 is 0 Å². The number of thiophene rings is 1. The standard InChI is InChI=1S/C52H58N8OS/c1-33-35(3)62-52-48(33)50(53-34(2)51-55-54-36(4)60(51)52)41-12-17-44(18-13-41)59-31-38(32-59)28-57-24-22-56(23-25-57)27-37-29-58(30-37)43-15-10-40(11-16-43)49-46(39-8-6-5-7-9-39)20-14-42-26-45(61)19-21-47(42)49/h5-13,15-19,21,26,34,37-38,46,49,61H,14,20,22-25,27-32H2,1-4H3/t34-,46+,49-/m1/s1. The number of nitrogens with zero attached hydrogens (tertiary/aromatic N) is 8. The molecule has 3 atom stereocenters. The molecule has 0 radical (unpaired) electrons. The van der Waals surface area contributed by atoms with Crippen LogP contribution in [-0.2, 0) is 6.42 Å². The molecule has 318 valence electrons. The van der Waals surface area contributed by atoms with Gasteiger partial charge < -0.3 is 24.7 Å². The highest BCUT2D eigenvalue weighted by atomic mass is 32.1. The summed E-state index contributed by atoms with van der Waals surface area (Å²) in [5, 5.41) is 20.4. The molecule has 3 saturated heterocycles. The minimum atomic E-state index is -0.0687. The van der Waals surface area contributed by atoms with E-state index in [1.54, 1.807) is 0 Å². The van der Waals surface area contributed by atoms with Crippen molar-refractivity contribution in [1.29, 1.82) is 0 Å². The van der Waals surface area contributed by atoms with Crippen LogP contribution in [0.25, 0.3) is 5.00 Å². The van der Waals surface area contributed by atoms with Gasteiger partial charge in [-0.05, 0) is 111 Å². The summed E-state index contributed by atoms with van der Waals surface area (Å²) in [7, 11) is 0. The summed E-state index contributed by atoms with van der Waals surface area (Å²) in [5.41, 5.74) is 12.8. The molecule has 1 N–H and O–H groups in total. The number of aromatic nitrogens is 3. The Morgan fingerprint density at radius 3 is 1.98 bits per heavy atom. The lowest BCUT2D eigenvalue weighted by atomic mass is 9.69. The lowest BCUT2D eigenvalue weighted by Gasteiger charge is -2.46. The monoisotopic (exact) mass is 842 g/mol. The predicted octanol–water partition coefficient (Wildman–Crippen LogP) is 8.92. The fourth-order valence-electron chi connectivity index (χ4n) is 11.2. The summed E-state index contributed by atoms with van der Waals surface area (Å²) in [4.78, 5) is 17.1. The van der Waals surface area contributed by atoms with Crippen LogP contribution in [0.3, 0.4) is 0 Å². The number of rotatable bonds is 9. The van der Waals surface area contributed by atoms with Crippen molar-refractivity contribution in [3.05, 3.63) is 153 Å².